The SMILES string of the molecule is OCC1OC2O[C@H]3C(CO)O[C@@H](O[C@H]4C(CO)O[C@@H](O[C@H]5C(CO)O[C@@H](O[C@H]6C(CO)O[C@@H](O[C@H]7C(CO)O[C@@H](O[C@H]8C(CO)O[C@@H](O[C@@H]1[C@H](O)[C@H]2O)C(O)[C@H]8O)C(O)[C@H]7O)C(O)[C@H]6O)C(O)[C@H]5O)C(O)[C@H]4O)C(O)[C@H]3O. The van der Waals surface area contributed by atoms with Gasteiger partial charge < -0.3 is 174 Å². The molecule has 35 heteroatoms. The van der Waals surface area contributed by atoms with Crippen molar-refractivity contribution in [1.29, 1.82) is 0 Å². The molecule has 0 aromatic carbocycles. The standard InChI is InChI=1S/C42H70O35/c43-1-8-29-15(50)22(57)36(64-8)72-30-9(2-44)66-38(24(59)17(30)52)74-32-11(4-46)68-40(26(61)19(32)54)76-34-13(6-48)70-42(28(63)21(34)56)77-35-14(7-49)69-41(27(62)20(35)55)75-33-12(5-47)67-39(25(60)18(33)53)73-31-10(3-45)65-37(71-29)23(58)16(31)51/h8-63H,1-7H2/t8?,9?,10?,11?,12?,13?,14?,15-,16-,17-,18-,19-,20-,21-,22-,23?,24?,25?,26?,27?,28?,29+,30+,31+,32+,33+,34+,35+,36?,37+,38+,39+,40+,41+,42+/m1/s1. The van der Waals surface area contributed by atoms with Crippen molar-refractivity contribution in [3.63, 3.8) is 0 Å². The van der Waals surface area contributed by atoms with Crippen LogP contribution in [0.25, 0.3) is 0 Å². The number of hydrogen-bond donors (Lipinski definition) is 21. The summed E-state index contributed by atoms with van der Waals surface area (Å²) >= 11 is 0. The molecule has 0 spiro atoms. The predicted octanol–water partition coefficient (Wildman–Crippen LogP) is -15.2. The fourth-order valence-corrected chi connectivity index (χ4v) is 10.4. The lowest BCUT2D eigenvalue weighted by Crippen LogP contribution is -2.68. The molecule has 21 heterocycles. The quantitative estimate of drug-likeness (QED) is 0.113. The molecule has 21 aliphatic heterocycles. The van der Waals surface area contributed by atoms with Crippen LogP contribution in [0.3, 0.4) is 0 Å². The van der Waals surface area contributed by atoms with E-state index in [0.29, 0.717) is 0 Å². The number of aliphatic hydroxyl groups excluding tert-OH is 21. The zero-order valence-corrected chi connectivity index (χ0v) is 40.3. The molecule has 35 nitrogen and oxygen atoms in total. The van der Waals surface area contributed by atoms with Crippen molar-refractivity contribution < 1.29 is 174 Å². The summed E-state index contributed by atoms with van der Waals surface area (Å²) in [6.45, 7) is -7.33. The smallest absolute Gasteiger partial charge is 0.187 e. The van der Waals surface area contributed by atoms with Crippen molar-refractivity contribution in [2.75, 3.05) is 46.2 Å². The Morgan fingerprint density at radius 2 is 0.260 bits per heavy atom. The molecule has 77 heavy (non-hydrogen) atoms. The van der Waals surface area contributed by atoms with Crippen LogP contribution in [-0.4, -0.2) is 368 Å². The third-order valence-corrected chi connectivity index (χ3v) is 14.8. The molecule has 14 bridgehead atoms. The van der Waals surface area contributed by atoms with E-state index in [0.717, 1.165) is 0 Å². The summed E-state index contributed by atoms with van der Waals surface area (Å²) in [5.74, 6) is 0. The van der Waals surface area contributed by atoms with E-state index in [1.54, 1.807) is 0 Å². The Labute approximate surface area is 434 Å². The minimum atomic E-state index is -2.21. The van der Waals surface area contributed by atoms with Crippen LogP contribution >= 0.6 is 0 Å². The van der Waals surface area contributed by atoms with E-state index in [9.17, 15) is 107 Å². The number of hydrogen-bond acceptors (Lipinski definition) is 35. The summed E-state index contributed by atoms with van der Waals surface area (Å²) in [6.07, 6.45) is -70.2. The monoisotopic (exact) mass is 1130 g/mol. The maximum Gasteiger partial charge on any atom is 0.187 e. The van der Waals surface area contributed by atoms with Gasteiger partial charge in [0, 0.05) is 0 Å². The first kappa shape index (κ1) is 61.7. The molecule has 0 aliphatic carbocycles. The molecule has 0 saturated carbocycles. The van der Waals surface area contributed by atoms with Crippen LogP contribution in [0, 0.1) is 0 Å². The van der Waals surface area contributed by atoms with Gasteiger partial charge in [-0.05, 0) is 0 Å². The lowest BCUT2D eigenvalue weighted by molar-refractivity contribution is -0.396. The Kier molecular flexibility index (Phi) is 20.8. The van der Waals surface area contributed by atoms with Crippen molar-refractivity contribution in [3.05, 3.63) is 0 Å². The van der Waals surface area contributed by atoms with Gasteiger partial charge in [0.05, 0.1) is 46.2 Å². The molecule has 35 atom stereocenters. The highest BCUT2D eigenvalue weighted by Crippen LogP contribution is 2.39. The Morgan fingerprint density at radius 1 is 0.156 bits per heavy atom. The lowest BCUT2D eigenvalue weighted by Gasteiger charge is -2.50. The van der Waals surface area contributed by atoms with Gasteiger partial charge >= 0.3 is 0 Å². The highest BCUT2D eigenvalue weighted by Gasteiger charge is 2.59. The van der Waals surface area contributed by atoms with E-state index in [2.05, 4.69) is 0 Å². The van der Waals surface area contributed by atoms with E-state index in [1.807, 2.05) is 0 Å². The van der Waals surface area contributed by atoms with E-state index in [4.69, 9.17) is 66.3 Å². The second-order valence-corrected chi connectivity index (χ2v) is 19.7. The molecule has 448 valence electrons. The average Bonchev–Trinajstić information content (AvgIpc) is 3.47. The normalized spacial score (nSPS) is 55.4. The molecule has 0 radical (unpaired) electrons. The van der Waals surface area contributed by atoms with Crippen molar-refractivity contribution in [2.24, 2.45) is 0 Å². The highest BCUT2D eigenvalue weighted by atomic mass is 16.8. The maximum atomic E-state index is 11.3. The topological polar surface area (TPSA) is 554 Å². The predicted molar refractivity (Wildman–Crippen MR) is 228 cm³/mol. The molecule has 14 unspecified atom stereocenters. The zero-order chi connectivity index (χ0) is 56.1. The van der Waals surface area contributed by atoms with Crippen LogP contribution in [0.15, 0.2) is 0 Å². The fourth-order valence-electron chi connectivity index (χ4n) is 10.4. The molecule has 21 fully saturated rings. The van der Waals surface area contributed by atoms with Crippen LogP contribution in [-0.2, 0) is 66.3 Å². The van der Waals surface area contributed by atoms with Gasteiger partial charge in [0.15, 0.2) is 44.0 Å². The summed E-state index contributed by atoms with van der Waals surface area (Å²) < 4.78 is 79.5. The summed E-state index contributed by atoms with van der Waals surface area (Å²) in [4.78, 5) is 0. The van der Waals surface area contributed by atoms with E-state index < -0.39 is 261 Å². The third kappa shape index (κ3) is 12.1. The minimum absolute atomic E-state index is 1.05. The number of rotatable bonds is 7. The van der Waals surface area contributed by atoms with Gasteiger partial charge in [-0.3, -0.25) is 0 Å². The fraction of sp³-hybridized carbons (Fsp3) is 1.00. The van der Waals surface area contributed by atoms with Gasteiger partial charge in [-0.25, -0.2) is 0 Å². The van der Waals surface area contributed by atoms with Crippen LogP contribution in [0.4, 0.5) is 0 Å². The van der Waals surface area contributed by atoms with Crippen LogP contribution in [0.1, 0.15) is 0 Å². The van der Waals surface area contributed by atoms with Crippen LogP contribution < -0.4 is 0 Å². The zero-order valence-electron chi connectivity index (χ0n) is 40.3. The summed E-state index contributed by atoms with van der Waals surface area (Å²) in [6, 6.07) is 0. The highest BCUT2D eigenvalue weighted by molar-refractivity contribution is 5.01. The van der Waals surface area contributed by atoms with Crippen LogP contribution in [0.5, 0.6) is 0 Å². The first-order valence-corrected chi connectivity index (χ1v) is 24.6. The summed E-state index contributed by atoms with van der Waals surface area (Å²) in [5, 5.41) is 230. The molecule has 21 rings (SSSR count). The van der Waals surface area contributed by atoms with Gasteiger partial charge in [-0.15, -0.1) is 0 Å². The molecule has 21 aliphatic rings. The summed E-state index contributed by atoms with van der Waals surface area (Å²) in [7, 11) is 0. The number of aliphatic hydroxyl groups is 21. The Hall–Kier alpha value is -1.40. The molecular weight excluding hydrogens is 1060 g/mol. The van der Waals surface area contributed by atoms with E-state index >= 15 is 0 Å². The lowest BCUT2D eigenvalue weighted by atomic mass is 9.95. The van der Waals surface area contributed by atoms with Crippen molar-refractivity contribution in [1.82, 2.24) is 0 Å². The molecule has 21 saturated heterocycles. The first-order chi connectivity index (χ1) is 36.7. The van der Waals surface area contributed by atoms with Gasteiger partial charge in [0.2, 0.25) is 0 Å². The molecule has 21 N–H and O–H groups in total. The van der Waals surface area contributed by atoms with Crippen LogP contribution in [0.2, 0.25) is 0 Å². The second-order valence-electron chi connectivity index (χ2n) is 19.7. The van der Waals surface area contributed by atoms with E-state index in [-0.39, 0.29) is 0 Å². The Bertz CT molecular complexity index is 1470. The number of ether oxygens (including phenoxy) is 14. The third-order valence-electron chi connectivity index (χ3n) is 14.8. The molecule has 0 aromatic rings. The van der Waals surface area contributed by atoms with Gasteiger partial charge in [0.1, 0.15) is 171 Å². The molecular formula is C42H70O35. The maximum absolute atomic E-state index is 11.3. The van der Waals surface area contributed by atoms with Gasteiger partial charge in [-0.2, -0.15) is 0 Å². The Balaban J connectivity index is 1.08. The minimum Gasteiger partial charge on any atom is -0.394 e. The van der Waals surface area contributed by atoms with Crippen molar-refractivity contribution >= 4 is 0 Å². The molecule has 0 aromatic heterocycles. The van der Waals surface area contributed by atoms with Gasteiger partial charge in [0.25, 0.3) is 0 Å². The largest absolute Gasteiger partial charge is 0.394 e. The first-order valence-electron chi connectivity index (χ1n) is 24.6. The summed E-state index contributed by atoms with van der Waals surface area (Å²) in [5.41, 5.74) is 0. The second kappa shape index (κ2) is 26.0. The van der Waals surface area contributed by atoms with Gasteiger partial charge in [-0.1, -0.05) is 0 Å². The van der Waals surface area contributed by atoms with Crippen molar-refractivity contribution in [3.8, 4) is 0 Å². The van der Waals surface area contributed by atoms with Crippen molar-refractivity contribution in [2.45, 2.75) is 215 Å². The molecule has 0 amide bonds. The average molecular weight is 1130 g/mol. The Morgan fingerprint density at radius 3 is 0.351 bits per heavy atom. The van der Waals surface area contributed by atoms with E-state index in [1.165, 1.54) is 0 Å².